The van der Waals surface area contributed by atoms with Gasteiger partial charge in [-0.1, -0.05) is 27.7 Å². The lowest BCUT2D eigenvalue weighted by Crippen LogP contribution is -2.28. The molecule has 0 saturated carbocycles. The summed E-state index contributed by atoms with van der Waals surface area (Å²) in [5.74, 6) is -0.617. The Labute approximate surface area is 83.5 Å². The van der Waals surface area contributed by atoms with Gasteiger partial charge < -0.3 is 9.47 Å². The van der Waals surface area contributed by atoms with Gasteiger partial charge in [-0.25, -0.2) is 4.79 Å². The molecule has 1 aliphatic rings. The fourth-order valence-corrected chi connectivity index (χ4v) is 0.826. The van der Waals surface area contributed by atoms with Gasteiger partial charge in [0, 0.05) is 5.92 Å². The highest BCUT2D eigenvalue weighted by Gasteiger charge is 2.48. The van der Waals surface area contributed by atoms with Gasteiger partial charge in [0.1, 0.15) is 0 Å². The Balaban J connectivity index is 2.27. The number of nitrogens with zero attached hydrogens (tertiary/aromatic N) is 2. The van der Waals surface area contributed by atoms with Gasteiger partial charge >= 0.3 is 12.0 Å². The van der Waals surface area contributed by atoms with Crippen molar-refractivity contribution in [1.29, 1.82) is 0 Å². The van der Waals surface area contributed by atoms with Crippen LogP contribution in [0.15, 0.2) is 10.2 Å². The van der Waals surface area contributed by atoms with Crippen LogP contribution in [0.4, 0.5) is 4.79 Å². The van der Waals surface area contributed by atoms with Gasteiger partial charge in [-0.2, -0.15) is 0 Å². The molecule has 0 aliphatic carbocycles. The maximum atomic E-state index is 11.1. The predicted octanol–water partition coefficient (Wildman–Crippen LogP) is 2.57. The van der Waals surface area contributed by atoms with E-state index in [4.69, 9.17) is 9.47 Å². The van der Waals surface area contributed by atoms with E-state index in [0.717, 1.165) is 0 Å². The Bertz CT molecular complexity index is 242. The zero-order valence-electron chi connectivity index (χ0n) is 8.98. The second-order valence-electron chi connectivity index (χ2n) is 4.07. The lowest BCUT2D eigenvalue weighted by Gasteiger charge is -2.15. The van der Waals surface area contributed by atoms with Crippen molar-refractivity contribution in [1.82, 2.24) is 0 Å². The summed E-state index contributed by atoms with van der Waals surface area (Å²) in [6.45, 7) is 8.03. The SMILES string of the molecule is CC(C)COC(=O)OC1(C(C)C)N=N1. The molecule has 14 heavy (non-hydrogen) atoms. The number of carbonyl (C=O) groups excluding carboxylic acids is 1. The third-order valence-electron chi connectivity index (χ3n) is 1.82. The van der Waals surface area contributed by atoms with Gasteiger partial charge in [-0.15, -0.1) is 10.2 Å². The number of rotatable bonds is 4. The number of carbonyl (C=O) groups is 1. The summed E-state index contributed by atoms with van der Waals surface area (Å²) in [5, 5.41) is 7.40. The van der Waals surface area contributed by atoms with E-state index in [1.54, 1.807) is 0 Å². The molecule has 0 saturated heterocycles. The summed E-state index contributed by atoms with van der Waals surface area (Å²) in [4.78, 5) is 11.1. The van der Waals surface area contributed by atoms with Crippen LogP contribution < -0.4 is 0 Å². The van der Waals surface area contributed by atoms with Crippen molar-refractivity contribution >= 4 is 6.16 Å². The molecule has 0 spiro atoms. The first-order valence-corrected chi connectivity index (χ1v) is 4.76. The highest BCUT2D eigenvalue weighted by atomic mass is 16.7. The molecule has 0 atom stereocenters. The quantitative estimate of drug-likeness (QED) is 0.655. The van der Waals surface area contributed by atoms with Gasteiger partial charge in [0.05, 0.1) is 6.61 Å². The fraction of sp³-hybridized carbons (Fsp3) is 0.889. The van der Waals surface area contributed by atoms with Crippen LogP contribution in [0.5, 0.6) is 0 Å². The summed E-state index contributed by atoms with van der Waals surface area (Å²) in [6.07, 6.45) is -0.697. The molecule has 0 aromatic heterocycles. The van der Waals surface area contributed by atoms with Crippen molar-refractivity contribution in [3.05, 3.63) is 0 Å². The average Bonchev–Trinajstić information content (AvgIpc) is 2.82. The first-order valence-electron chi connectivity index (χ1n) is 4.76. The molecular formula is C9H16N2O3. The number of hydrogen-bond acceptors (Lipinski definition) is 5. The van der Waals surface area contributed by atoms with Crippen molar-refractivity contribution < 1.29 is 14.3 Å². The highest BCUT2D eigenvalue weighted by molar-refractivity contribution is 5.60. The Morgan fingerprint density at radius 1 is 1.29 bits per heavy atom. The summed E-state index contributed by atoms with van der Waals surface area (Å²) >= 11 is 0. The molecule has 0 N–H and O–H groups in total. The Morgan fingerprint density at radius 2 is 1.86 bits per heavy atom. The van der Waals surface area contributed by atoms with Crippen LogP contribution >= 0.6 is 0 Å². The molecule has 1 rings (SSSR count). The number of hydrogen-bond donors (Lipinski definition) is 0. The van der Waals surface area contributed by atoms with Gasteiger partial charge in [0.25, 0.3) is 0 Å². The third kappa shape index (κ3) is 2.68. The minimum atomic E-state index is -0.964. The molecule has 0 bridgehead atoms. The molecule has 1 heterocycles. The van der Waals surface area contributed by atoms with Crippen LogP contribution in [0.3, 0.4) is 0 Å². The lowest BCUT2D eigenvalue weighted by molar-refractivity contribution is -0.0182. The topological polar surface area (TPSA) is 60.2 Å². The van der Waals surface area contributed by atoms with E-state index in [1.807, 2.05) is 27.7 Å². The lowest BCUT2D eigenvalue weighted by atomic mass is 10.1. The van der Waals surface area contributed by atoms with E-state index in [9.17, 15) is 4.79 Å². The van der Waals surface area contributed by atoms with Crippen molar-refractivity contribution in [2.24, 2.45) is 22.1 Å². The molecule has 1 aliphatic heterocycles. The molecule has 5 nitrogen and oxygen atoms in total. The Hall–Kier alpha value is -1.13. The maximum absolute atomic E-state index is 11.1. The maximum Gasteiger partial charge on any atom is 0.512 e. The van der Waals surface area contributed by atoms with Crippen molar-refractivity contribution in [3.8, 4) is 0 Å². The van der Waals surface area contributed by atoms with Crippen LogP contribution in [-0.4, -0.2) is 18.6 Å². The molecular weight excluding hydrogens is 184 g/mol. The van der Waals surface area contributed by atoms with Crippen molar-refractivity contribution in [3.63, 3.8) is 0 Å². The van der Waals surface area contributed by atoms with E-state index >= 15 is 0 Å². The van der Waals surface area contributed by atoms with Crippen molar-refractivity contribution in [2.75, 3.05) is 6.61 Å². The smallest absolute Gasteiger partial charge is 0.434 e. The summed E-state index contributed by atoms with van der Waals surface area (Å²) in [6, 6.07) is 0. The van der Waals surface area contributed by atoms with Crippen LogP contribution in [0.1, 0.15) is 27.7 Å². The molecule has 0 radical (unpaired) electrons. The molecule has 0 unspecified atom stereocenters. The zero-order valence-corrected chi connectivity index (χ0v) is 8.98. The van der Waals surface area contributed by atoms with Crippen molar-refractivity contribution in [2.45, 2.75) is 33.5 Å². The normalized spacial score (nSPS) is 17.3. The molecule has 0 aromatic rings. The third-order valence-corrected chi connectivity index (χ3v) is 1.82. The van der Waals surface area contributed by atoms with Crippen LogP contribution in [-0.2, 0) is 9.47 Å². The first-order chi connectivity index (χ1) is 6.46. The van der Waals surface area contributed by atoms with Gasteiger partial charge in [-0.05, 0) is 5.92 Å². The predicted molar refractivity (Wildman–Crippen MR) is 49.7 cm³/mol. The second-order valence-corrected chi connectivity index (χ2v) is 4.07. The van der Waals surface area contributed by atoms with E-state index in [0.29, 0.717) is 12.5 Å². The number of ether oxygens (including phenoxy) is 2. The second kappa shape index (κ2) is 3.94. The van der Waals surface area contributed by atoms with Crippen LogP contribution in [0, 0.1) is 11.8 Å². The van der Waals surface area contributed by atoms with Crippen LogP contribution in [0.2, 0.25) is 0 Å². The first kappa shape index (κ1) is 10.9. The van der Waals surface area contributed by atoms with E-state index < -0.39 is 12.0 Å². The highest BCUT2D eigenvalue weighted by Crippen LogP contribution is 2.37. The van der Waals surface area contributed by atoms with E-state index in [1.165, 1.54) is 0 Å². The fourth-order valence-electron chi connectivity index (χ4n) is 0.826. The molecule has 5 heteroatoms. The monoisotopic (exact) mass is 200 g/mol. The van der Waals surface area contributed by atoms with Gasteiger partial charge in [0.2, 0.25) is 0 Å². The minimum Gasteiger partial charge on any atom is -0.434 e. The van der Waals surface area contributed by atoms with Crippen LogP contribution in [0.25, 0.3) is 0 Å². The average molecular weight is 200 g/mol. The largest absolute Gasteiger partial charge is 0.512 e. The summed E-state index contributed by atoms with van der Waals surface area (Å²) in [5.41, 5.74) is 0. The van der Waals surface area contributed by atoms with E-state index in [2.05, 4.69) is 10.2 Å². The van der Waals surface area contributed by atoms with E-state index in [-0.39, 0.29) is 5.92 Å². The standard InChI is InChI=1S/C9H16N2O3/c1-6(2)5-13-8(12)14-9(7(3)4)10-11-9/h6-7H,5H2,1-4H3. The summed E-state index contributed by atoms with van der Waals surface area (Å²) < 4.78 is 9.81. The Morgan fingerprint density at radius 3 is 2.21 bits per heavy atom. The molecule has 0 amide bonds. The summed E-state index contributed by atoms with van der Waals surface area (Å²) in [7, 11) is 0. The molecule has 0 fully saturated rings. The molecule has 80 valence electrons. The van der Waals surface area contributed by atoms with Gasteiger partial charge in [-0.3, -0.25) is 0 Å². The van der Waals surface area contributed by atoms with Gasteiger partial charge in [0.15, 0.2) is 0 Å². The minimum absolute atomic E-state index is 0.0501. The zero-order chi connectivity index (χ0) is 10.8. The Kier molecular flexibility index (Phi) is 3.08. The molecule has 0 aromatic carbocycles.